The van der Waals surface area contributed by atoms with Crippen LogP contribution in [0.25, 0.3) is 0 Å². The predicted molar refractivity (Wildman–Crippen MR) is 62.4 cm³/mol. The average molecular weight is 237 g/mol. The molecule has 0 saturated heterocycles. The Balaban J connectivity index is 1.76. The number of carbonyl (C=O) groups is 1. The van der Waals surface area contributed by atoms with Crippen LogP contribution in [-0.2, 0) is 4.79 Å². The minimum atomic E-state index is -0.326. The van der Waals surface area contributed by atoms with E-state index in [4.69, 9.17) is 4.74 Å². The minimum absolute atomic E-state index is 0.00144. The molecule has 1 N–H and O–H groups in total. The summed E-state index contributed by atoms with van der Waals surface area (Å²) in [6.45, 7) is 2.13. The van der Waals surface area contributed by atoms with Crippen LogP contribution >= 0.6 is 0 Å². The van der Waals surface area contributed by atoms with Gasteiger partial charge in [-0.25, -0.2) is 4.39 Å². The summed E-state index contributed by atoms with van der Waals surface area (Å²) in [4.78, 5) is 11.4. The van der Waals surface area contributed by atoms with Gasteiger partial charge in [0.1, 0.15) is 11.6 Å². The van der Waals surface area contributed by atoms with Gasteiger partial charge < -0.3 is 10.1 Å². The van der Waals surface area contributed by atoms with E-state index < -0.39 is 0 Å². The Kier molecular flexibility index (Phi) is 3.61. The monoisotopic (exact) mass is 237 g/mol. The predicted octanol–water partition coefficient (Wildman–Crippen LogP) is 2.18. The van der Waals surface area contributed by atoms with Gasteiger partial charge in [0, 0.05) is 12.1 Å². The summed E-state index contributed by atoms with van der Waals surface area (Å²) >= 11 is 0. The van der Waals surface area contributed by atoms with Gasteiger partial charge in [0.15, 0.2) is 0 Å². The molecule has 1 fully saturated rings. The lowest BCUT2D eigenvalue weighted by molar-refractivity contribution is -0.121. The molecule has 1 aliphatic carbocycles. The zero-order valence-corrected chi connectivity index (χ0v) is 9.83. The van der Waals surface area contributed by atoms with Crippen LogP contribution in [0.15, 0.2) is 18.2 Å². The van der Waals surface area contributed by atoms with Crippen LogP contribution in [0.5, 0.6) is 5.75 Å². The van der Waals surface area contributed by atoms with Gasteiger partial charge in [-0.3, -0.25) is 4.79 Å². The van der Waals surface area contributed by atoms with Crippen molar-refractivity contribution in [3.63, 3.8) is 0 Å². The second-order valence-electron chi connectivity index (χ2n) is 4.35. The van der Waals surface area contributed by atoms with E-state index in [1.54, 1.807) is 6.07 Å². The molecule has 0 heterocycles. The third-order valence-electron chi connectivity index (χ3n) is 2.68. The molecule has 1 aliphatic rings. The van der Waals surface area contributed by atoms with Crippen LogP contribution in [0.2, 0.25) is 0 Å². The highest BCUT2D eigenvalue weighted by Gasteiger charge is 2.22. The third-order valence-corrected chi connectivity index (χ3v) is 2.68. The van der Waals surface area contributed by atoms with Gasteiger partial charge in [0.25, 0.3) is 0 Å². The van der Waals surface area contributed by atoms with E-state index in [9.17, 15) is 9.18 Å². The molecule has 1 saturated carbocycles. The zero-order valence-electron chi connectivity index (χ0n) is 9.83. The molecule has 1 amide bonds. The summed E-state index contributed by atoms with van der Waals surface area (Å²) in [5, 5.41) is 2.87. The minimum Gasteiger partial charge on any atom is -0.493 e. The number of hydrogen-bond acceptors (Lipinski definition) is 2. The van der Waals surface area contributed by atoms with Crippen molar-refractivity contribution >= 4 is 5.91 Å². The van der Waals surface area contributed by atoms with Gasteiger partial charge in [-0.15, -0.1) is 0 Å². The van der Waals surface area contributed by atoms with Gasteiger partial charge in [-0.2, -0.15) is 0 Å². The molecule has 92 valence electrons. The smallest absolute Gasteiger partial charge is 0.223 e. The Morgan fingerprint density at radius 3 is 3.00 bits per heavy atom. The Morgan fingerprint density at radius 1 is 1.53 bits per heavy atom. The average Bonchev–Trinajstić information content (AvgIpc) is 3.07. The van der Waals surface area contributed by atoms with Crippen molar-refractivity contribution < 1.29 is 13.9 Å². The maximum Gasteiger partial charge on any atom is 0.223 e. The highest BCUT2D eigenvalue weighted by atomic mass is 19.1. The molecule has 0 aromatic heterocycles. The molecule has 0 spiro atoms. The standard InChI is InChI=1S/C13H16FNO2/c1-9-2-3-10(14)8-12(9)17-7-6-13(16)15-11-4-5-11/h2-3,8,11H,4-7H2,1H3,(H,15,16). The number of halogens is 1. The van der Waals surface area contributed by atoms with E-state index >= 15 is 0 Å². The second-order valence-corrected chi connectivity index (χ2v) is 4.35. The molecule has 2 rings (SSSR count). The fraction of sp³-hybridized carbons (Fsp3) is 0.462. The highest BCUT2D eigenvalue weighted by Crippen LogP contribution is 2.20. The molecule has 0 atom stereocenters. The number of aryl methyl sites for hydroxylation is 1. The highest BCUT2D eigenvalue weighted by molar-refractivity contribution is 5.76. The molecule has 1 aromatic rings. The number of rotatable bonds is 5. The Hall–Kier alpha value is -1.58. The maximum atomic E-state index is 13.0. The van der Waals surface area contributed by atoms with Gasteiger partial charge in [-0.1, -0.05) is 6.07 Å². The van der Waals surface area contributed by atoms with E-state index in [2.05, 4.69) is 5.32 Å². The number of amides is 1. The molecule has 0 bridgehead atoms. The number of benzene rings is 1. The number of nitrogens with one attached hydrogen (secondary N) is 1. The van der Waals surface area contributed by atoms with Crippen LogP contribution in [0.1, 0.15) is 24.8 Å². The van der Waals surface area contributed by atoms with E-state index in [0.29, 0.717) is 18.2 Å². The summed E-state index contributed by atoms with van der Waals surface area (Å²) < 4.78 is 18.3. The van der Waals surface area contributed by atoms with Crippen LogP contribution in [0.3, 0.4) is 0 Å². The first-order valence-electron chi connectivity index (χ1n) is 5.83. The molecular formula is C13H16FNO2. The first-order chi connectivity index (χ1) is 8.15. The van der Waals surface area contributed by atoms with Crippen molar-refractivity contribution in [2.45, 2.75) is 32.2 Å². The molecular weight excluding hydrogens is 221 g/mol. The van der Waals surface area contributed by atoms with Crippen molar-refractivity contribution in [2.75, 3.05) is 6.61 Å². The van der Waals surface area contributed by atoms with E-state index in [1.165, 1.54) is 12.1 Å². The molecule has 0 radical (unpaired) electrons. The summed E-state index contributed by atoms with van der Waals surface area (Å²) in [7, 11) is 0. The SMILES string of the molecule is Cc1ccc(F)cc1OCCC(=O)NC1CC1. The van der Waals surface area contributed by atoms with Crippen molar-refractivity contribution in [2.24, 2.45) is 0 Å². The normalized spacial score (nSPS) is 14.5. The van der Waals surface area contributed by atoms with Crippen molar-refractivity contribution in [1.29, 1.82) is 0 Å². The topological polar surface area (TPSA) is 38.3 Å². The van der Waals surface area contributed by atoms with E-state index in [-0.39, 0.29) is 18.3 Å². The summed E-state index contributed by atoms with van der Waals surface area (Å²) in [5.41, 5.74) is 0.869. The third kappa shape index (κ3) is 3.73. The van der Waals surface area contributed by atoms with E-state index in [1.807, 2.05) is 6.92 Å². The van der Waals surface area contributed by atoms with E-state index in [0.717, 1.165) is 18.4 Å². The van der Waals surface area contributed by atoms with Gasteiger partial charge in [0.05, 0.1) is 13.0 Å². The first kappa shape index (κ1) is 11.9. The quantitative estimate of drug-likeness (QED) is 0.852. The van der Waals surface area contributed by atoms with Gasteiger partial charge in [-0.05, 0) is 31.4 Å². The van der Waals surface area contributed by atoms with Crippen LogP contribution < -0.4 is 10.1 Å². The summed E-state index contributed by atoms with van der Waals surface area (Å²) in [6, 6.07) is 4.77. The Bertz CT molecular complexity index is 416. The number of carbonyl (C=O) groups excluding carboxylic acids is 1. The molecule has 0 unspecified atom stereocenters. The van der Waals surface area contributed by atoms with Crippen molar-refractivity contribution in [1.82, 2.24) is 5.32 Å². The van der Waals surface area contributed by atoms with Crippen molar-refractivity contribution in [3.05, 3.63) is 29.6 Å². The summed E-state index contributed by atoms with van der Waals surface area (Å²) in [6.07, 6.45) is 2.47. The molecule has 1 aromatic carbocycles. The molecule has 0 aliphatic heterocycles. The molecule has 17 heavy (non-hydrogen) atoms. The lowest BCUT2D eigenvalue weighted by Gasteiger charge is -2.09. The number of hydrogen-bond donors (Lipinski definition) is 1. The summed E-state index contributed by atoms with van der Waals surface area (Å²) in [5.74, 6) is 0.179. The largest absolute Gasteiger partial charge is 0.493 e. The maximum absolute atomic E-state index is 13.0. The van der Waals surface area contributed by atoms with Gasteiger partial charge >= 0.3 is 0 Å². The van der Waals surface area contributed by atoms with Gasteiger partial charge in [0.2, 0.25) is 5.91 Å². The first-order valence-corrected chi connectivity index (χ1v) is 5.83. The fourth-order valence-corrected chi connectivity index (χ4v) is 1.51. The lowest BCUT2D eigenvalue weighted by Crippen LogP contribution is -2.26. The fourth-order valence-electron chi connectivity index (χ4n) is 1.51. The zero-order chi connectivity index (χ0) is 12.3. The second kappa shape index (κ2) is 5.17. The van der Waals surface area contributed by atoms with Crippen molar-refractivity contribution in [3.8, 4) is 5.75 Å². The van der Waals surface area contributed by atoms with Crippen LogP contribution in [0, 0.1) is 12.7 Å². The Morgan fingerprint density at radius 2 is 2.29 bits per heavy atom. The lowest BCUT2D eigenvalue weighted by atomic mass is 10.2. The molecule has 4 heteroatoms. The number of ether oxygens (including phenoxy) is 1. The Labute approximate surface area is 100.0 Å². The van der Waals surface area contributed by atoms with Crippen LogP contribution in [-0.4, -0.2) is 18.6 Å². The van der Waals surface area contributed by atoms with Crippen LogP contribution in [0.4, 0.5) is 4.39 Å². The molecule has 3 nitrogen and oxygen atoms in total.